The minimum atomic E-state index is 0.0153. The van der Waals surface area contributed by atoms with E-state index in [1.807, 2.05) is 48.3 Å². The molecule has 2 saturated carbocycles. The van der Waals surface area contributed by atoms with E-state index in [1.54, 1.807) is 12.4 Å². The summed E-state index contributed by atoms with van der Waals surface area (Å²) in [5.74, 6) is 0.193. The van der Waals surface area contributed by atoms with Gasteiger partial charge in [0.2, 0.25) is 5.91 Å². The van der Waals surface area contributed by atoms with Crippen LogP contribution in [0.15, 0.2) is 48.8 Å². The van der Waals surface area contributed by atoms with Crippen LogP contribution in [0.1, 0.15) is 49.4 Å². The highest BCUT2D eigenvalue weighted by atomic mass is 16.2. The molecule has 2 aliphatic rings. The molecule has 0 saturated heterocycles. The van der Waals surface area contributed by atoms with E-state index in [2.05, 4.69) is 17.2 Å². The third-order valence-corrected chi connectivity index (χ3v) is 6.21. The first-order valence-electron chi connectivity index (χ1n) is 10.0. The minimum Gasteiger partial charge on any atom is -0.351 e. The molecule has 0 unspecified atom stereocenters. The van der Waals surface area contributed by atoms with Crippen molar-refractivity contribution < 1.29 is 9.59 Å². The van der Waals surface area contributed by atoms with Crippen molar-refractivity contribution in [2.45, 2.75) is 50.6 Å². The van der Waals surface area contributed by atoms with E-state index < -0.39 is 0 Å². The van der Waals surface area contributed by atoms with Crippen LogP contribution in [0.4, 0.5) is 0 Å². The van der Waals surface area contributed by atoms with Crippen molar-refractivity contribution in [3.63, 3.8) is 0 Å². The average Bonchev–Trinajstić information content (AvgIpc) is 3.24. The zero-order valence-corrected chi connectivity index (χ0v) is 16.5. The number of aromatic nitrogens is 1. The van der Waals surface area contributed by atoms with Crippen molar-refractivity contribution in [2.75, 3.05) is 7.05 Å². The van der Waals surface area contributed by atoms with Crippen molar-refractivity contribution in [3.8, 4) is 11.1 Å². The lowest BCUT2D eigenvalue weighted by molar-refractivity contribution is -0.125. The Hall–Kier alpha value is -2.69. The molecule has 2 aromatic rings. The molecule has 1 aromatic carbocycles. The largest absolute Gasteiger partial charge is 0.351 e. The fraction of sp³-hybridized carbons (Fsp3) is 0.435. The van der Waals surface area contributed by atoms with Crippen LogP contribution >= 0.6 is 0 Å². The molecular weight excluding hydrogens is 350 g/mol. The molecule has 5 heteroatoms. The van der Waals surface area contributed by atoms with Crippen LogP contribution in [0, 0.1) is 5.92 Å². The van der Waals surface area contributed by atoms with E-state index in [-0.39, 0.29) is 29.3 Å². The fourth-order valence-electron chi connectivity index (χ4n) is 3.98. The second-order valence-corrected chi connectivity index (χ2v) is 8.44. The number of amides is 2. The maximum Gasteiger partial charge on any atom is 0.253 e. The molecule has 28 heavy (non-hydrogen) atoms. The lowest BCUT2D eigenvalue weighted by Gasteiger charge is -2.25. The van der Waals surface area contributed by atoms with Crippen LogP contribution in [0.3, 0.4) is 0 Å². The van der Waals surface area contributed by atoms with Gasteiger partial charge in [0, 0.05) is 42.5 Å². The Morgan fingerprint density at radius 1 is 1.04 bits per heavy atom. The van der Waals surface area contributed by atoms with Crippen LogP contribution in [0.25, 0.3) is 11.1 Å². The van der Waals surface area contributed by atoms with Gasteiger partial charge in [-0.25, -0.2) is 0 Å². The molecule has 4 rings (SSSR count). The van der Waals surface area contributed by atoms with Crippen LogP contribution in [0.5, 0.6) is 0 Å². The number of nitrogens with zero attached hydrogens (tertiary/aromatic N) is 2. The topological polar surface area (TPSA) is 62.3 Å². The number of carbonyl (C=O) groups excluding carboxylic acids is 2. The van der Waals surface area contributed by atoms with Crippen molar-refractivity contribution in [1.82, 2.24) is 15.2 Å². The van der Waals surface area contributed by atoms with E-state index in [9.17, 15) is 9.59 Å². The Kier molecular flexibility index (Phi) is 4.92. The summed E-state index contributed by atoms with van der Waals surface area (Å²) in [6.45, 7) is 2.10. The molecule has 2 aliphatic carbocycles. The molecule has 1 N–H and O–H groups in total. The van der Waals surface area contributed by atoms with Gasteiger partial charge >= 0.3 is 0 Å². The van der Waals surface area contributed by atoms with Crippen LogP contribution < -0.4 is 5.32 Å². The summed E-state index contributed by atoms with van der Waals surface area (Å²) < 4.78 is 0. The molecule has 0 spiro atoms. The SMILES string of the molecule is CN(C(=O)c1ccc(-c2ccncc2)cc1)[C@@H]1CC[C@H](C(=O)NC2(C)CC2)C1. The molecule has 1 heterocycles. The molecule has 2 amide bonds. The summed E-state index contributed by atoms with van der Waals surface area (Å²) in [7, 11) is 1.85. The van der Waals surface area contributed by atoms with Gasteiger partial charge in [-0.3, -0.25) is 14.6 Å². The highest BCUT2D eigenvalue weighted by Gasteiger charge is 2.42. The minimum absolute atomic E-state index is 0.0153. The van der Waals surface area contributed by atoms with Gasteiger partial charge < -0.3 is 10.2 Å². The molecule has 2 atom stereocenters. The van der Waals surface area contributed by atoms with Crippen LogP contribution in [0.2, 0.25) is 0 Å². The molecule has 1 aromatic heterocycles. The molecule has 0 bridgehead atoms. The maximum absolute atomic E-state index is 12.9. The van der Waals surface area contributed by atoms with Crippen molar-refractivity contribution >= 4 is 11.8 Å². The number of carbonyl (C=O) groups is 2. The number of benzene rings is 1. The first kappa shape index (κ1) is 18.7. The standard InChI is InChI=1S/C23H27N3O2/c1-23(11-12-23)25-21(27)19-7-8-20(15-19)26(2)22(28)18-5-3-16(4-6-18)17-9-13-24-14-10-17/h3-6,9-10,13-14,19-20H,7-8,11-12,15H2,1-2H3,(H,25,27)/t19-,20+/m0/s1. The zero-order valence-electron chi connectivity index (χ0n) is 16.5. The molecule has 0 radical (unpaired) electrons. The molecule has 0 aliphatic heterocycles. The third kappa shape index (κ3) is 3.93. The number of nitrogens with one attached hydrogen (secondary N) is 1. The van der Waals surface area contributed by atoms with Gasteiger partial charge in [-0.2, -0.15) is 0 Å². The smallest absolute Gasteiger partial charge is 0.253 e. The summed E-state index contributed by atoms with van der Waals surface area (Å²) in [5, 5.41) is 3.17. The Morgan fingerprint density at radius 3 is 2.32 bits per heavy atom. The van der Waals surface area contributed by atoms with Crippen LogP contribution in [-0.4, -0.2) is 40.3 Å². The second-order valence-electron chi connectivity index (χ2n) is 8.44. The van der Waals surface area contributed by atoms with Gasteiger partial charge in [0.25, 0.3) is 5.91 Å². The van der Waals surface area contributed by atoms with E-state index in [0.29, 0.717) is 5.56 Å². The number of hydrogen-bond donors (Lipinski definition) is 1. The summed E-state index contributed by atoms with van der Waals surface area (Å²) in [5.41, 5.74) is 2.84. The molecule has 2 fully saturated rings. The highest BCUT2D eigenvalue weighted by molar-refractivity contribution is 5.95. The lowest BCUT2D eigenvalue weighted by Crippen LogP contribution is -2.39. The fourth-order valence-corrected chi connectivity index (χ4v) is 3.98. The summed E-state index contributed by atoms with van der Waals surface area (Å²) in [4.78, 5) is 31.2. The number of rotatable bonds is 5. The van der Waals surface area contributed by atoms with Gasteiger partial charge in [-0.1, -0.05) is 12.1 Å². The molecule has 146 valence electrons. The maximum atomic E-state index is 12.9. The van der Waals surface area contributed by atoms with E-state index >= 15 is 0 Å². The number of pyridine rings is 1. The lowest BCUT2D eigenvalue weighted by atomic mass is 10.0. The monoisotopic (exact) mass is 377 g/mol. The number of hydrogen-bond acceptors (Lipinski definition) is 3. The van der Waals surface area contributed by atoms with E-state index in [0.717, 1.165) is 43.2 Å². The normalized spacial score (nSPS) is 22.5. The van der Waals surface area contributed by atoms with Crippen molar-refractivity contribution in [3.05, 3.63) is 54.4 Å². The Labute approximate surface area is 166 Å². The third-order valence-electron chi connectivity index (χ3n) is 6.21. The van der Waals surface area contributed by atoms with Gasteiger partial charge in [-0.15, -0.1) is 0 Å². The quantitative estimate of drug-likeness (QED) is 0.865. The van der Waals surface area contributed by atoms with E-state index in [4.69, 9.17) is 0 Å². The van der Waals surface area contributed by atoms with E-state index in [1.165, 1.54) is 0 Å². The summed E-state index contributed by atoms with van der Waals surface area (Å²) in [6.07, 6.45) is 8.15. The van der Waals surface area contributed by atoms with Gasteiger partial charge in [0.15, 0.2) is 0 Å². The Bertz CT molecular complexity index is 859. The van der Waals surface area contributed by atoms with Crippen molar-refractivity contribution in [2.24, 2.45) is 5.92 Å². The average molecular weight is 377 g/mol. The Morgan fingerprint density at radius 2 is 1.68 bits per heavy atom. The first-order valence-corrected chi connectivity index (χ1v) is 10.0. The predicted molar refractivity (Wildman–Crippen MR) is 109 cm³/mol. The highest BCUT2D eigenvalue weighted by Crippen LogP contribution is 2.36. The molecular formula is C23H27N3O2. The zero-order chi connectivity index (χ0) is 19.7. The first-order chi connectivity index (χ1) is 13.5. The summed E-state index contributed by atoms with van der Waals surface area (Å²) >= 11 is 0. The van der Waals surface area contributed by atoms with Gasteiger partial charge in [0.1, 0.15) is 0 Å². The van der Waals surface area contributed by atoms with Crippen LogP contribution in [-0.2, 0) is 4.79 Å². The second kappa shape index (κ2) is 7.38. The predicted octanol–water partition coefficient (Wildman–Crippen LogP) is 3.66. The van der Waals surface area contributed by atoms with Crippen molar-refractivity contribution in [1.29, 1.82) is 0 Å². The van der Waals surface area contributed by atoms with Gasteiger partial charge in [-0.05, 0) is 74.4 Å². The summed E-state index contributed by atoms with van der Waals surface area (Å²) in [6, 6.07) is 11.7. The van der Waals surface area contributed by atoms with Gasteiger partial charge in [0.05, 0.1) is 0 Å². The molecule has 5 nitrogen and oxygen atoms in total. The Balaban J connectivity index is 1.37.